The van der Waals surface area contributed by atoms with Gasteiger partial charge in [-0.15, -0.1) is 11.3 Å². The van der Waals surface area contributed by atoms with Crippen molar-refractivity contribution in [2.24, 2.45) is 0 Å². The molecular formula is C19H14ClN3O2S. The molecule has 0 radical (unpaired) electrons. The molecule has 3 heterocycles. The van der Waals surface area contributed by atoms with Gasteiger partial charge < -0.3 is 10.1 Å². The summed E-state index contributed by atoms with van der Waals surface area (Å²) in [6.45, 7) is 0. The van der Waals surface area contributed by atoms with Crippen LogP contribution in [0.25, 0.3) is 16.2 Å². The van der Waals surface area contributed by atoms with E-state index in [1.165, 1.54) is 0 Å². The number of pyridine rings is 1. The molecule has 3 aromatic heterocycles. The van der Waals surface area contributed by atoms with Crippen LogP contribution in [0.3, 0.4) is 0 Å². The number of ether oxygens (including phenoxy) is 1. The monoisotopic (exact) mass is 383 g/mol. The van der Waals surface area contributed by atoms with Gasteiger partial charge in [0.1, 0.15) is 22.9 Å². The predicted octanol–water partition coefficient (Wildman–Crippen LogP) is 4.98. The van der Waals surface area contributed by atoms with E-state index in [9.17, 15) is 4.79 Å². The molecular weight excluding hydrogens is 370 g/mol. The zero-order valence-electron chi connectivity index (χ0n) is 13.8. The highest BCUT2D eigenvalue weighted by Crippen LogP contribution is 2.33. The molecule has 0 aliphatic heterocycles. The Labute approximate surface area is 158 Å². The molecule has 0 aliphatic carbocycles. The average Bonchev–Trinajstić information content (AvgIpc) is 3.30. The van der Waals surface area contributed by atoms with E-state index in [1.54, 1.807) is 59.4 Å². The van der Waals surface area contributed by atoms with E-state index in [2.05, 4.69) is 10.3 Å². The number of nitrogens with zero attached hydrogens (tertiary/aromatic N) is 2. The molecule has 1 aromatic carbocycles. The smallest absolute Gasteiger partial charge is 0.256 e. The number of nitrogens with one attached hydrogen (secondary N) is 1. The Bertz CT molecular complexity index is 1070. The fourth-order valence-corrected chi connectivity index (χ4v) is 3.52. The molecule has 0 atom stereocenters. The first-order chi connectivity index (χ1) is 12.7. The molecule has 4 rings (SSSR count). The summed E-state index contributed by atoms with van der Waals surface area (Å²) in [7, 11) is 1.59. The van der Waals surface area contributed by atoms with Crippen molar-refractivity contribution in [2.45, 2.75) is 0 Å². The Balaban J connectivity index is 1.77. The van der Waals surface area contributed by atoms with E-state index in [0.29, 0.717) is 33.5 Å². The Kier molecular flexibility index (Phi) is 4.36. The van der Waals surface area contributed by atoms with Crippen LogP contribution in [0.1, 0.15) is 10.4 Å². The van der Waals surface area contributed by atoms with Crippen molar-refractivity contribution in [3.8, 4) is 16.3 Å². The van der Waals surface area contributed by atoms with Crippen molar-refractivity contribution in [3.05, 3.63) is 70.7 Å². The second-order valence-electron chi connectivity index (χ2n) is 5.54. The van der Waals surface area contributed by atoms with E-state index in [4.69, 9.17) is 16.3 Å². The van der Waals surface area contributed by atoms with Gasteiger partial charge in [-0.1, -0.05) is 17.7 Å². The lowest BCUT2D eigenvalue weighted by molar-refractivity contribution is 0.102. The average molecular weight is 384 g/mol. The van der Waals surface area contributed by atoms with Gasteiger partial charge in [-0.3, -0.25) is 9.20 Å². The lowest BCUT2D eigenvalue weighted by Gasteiger charge is -2.08. The van der Waals surface area contributed by atoms with Gasteiger partial charge in [0.15, 0.2) is 0 Å². The largest absolute Gasteiger partial charge is 0.497 e. The van der Waals surface area contributed by atoms with Gasteiger partial charge in [0.2, 0.25) is 0 Å². The number of thiophene rings is 1. The van der Waals surface area contributed by atoms with Gasteiger partial charge in [-0.25, -0.2) is 4.98 Å². The number of rotatable bonds is 4. The third kappa shape index (κ3) is 3.05. The molecule has 0 unspecified atom stereocenters. The molecule has 26 heavy (non-hydrogen) atoms. The number of carbonyl (C=O) groups is 1. The molecule has 4 aromatic rings. The maximum absolute atomic E-state index is 12.7. The summed E-state index contributed by atoms with van der Waals surface area (Å²) in [6, 6.07) is 14.5. The van der Waals surface area contributed by atoms with Crippen LogP contribution in [-0.4, -0.2) is 22.4 Å². The summed E-state index contributed by atoms with van der Waals surface area (Å²) in [5.41, 5.74) is 1.95. The molecule has 1 amide bonds. The summed E-state index contributed by atoms with van der Waals surface area (Å²) in [6.07, 6.45) is 1.74. The number of imidazole rings is 1. The maximum atomic E-state index is 12.7. The SMILES string of the molecule is COc1ccc(C(=O)Nc2c(-c3cccs3)nc3ccc(Cl)cn23)cc1. The number of anilines is 1. The zero-order valence-corrected chi connectivity index (χ0v) is 15.3. The molecule has 0 saturated heterocycles. The first-order valence-electron chi connectivity index (χ1n) is 7.82. The van der Waals surface area contributed by atoms with Crippen molar-refractivity contribution in [1.82, 2.24) is 9.38 Å². The van der Waals surface area contributed by atoms with Crippen molar-refractivity contribution in [3.63, 3.8) is 0 Å². The lowest BCUT2D eigenvalue weighted by atomic mass is 10.2. The second-order valence-corrected chi connectivity index (χ2v) is 6.93. The van der Waals surface area contributed by atoms with Crippen LogP contribution in [0.15, 0.2) is 60.1 Å². The number of carbonyl (C=O) groups excluding carboxylic acids is 1. The molecule has 0 saturated carbocycles. The van der Waals surface area contributed by atoms with Crippen LogP contribution >= 0.6 is 22.9 Å². The number of halogens is 1. The quantitative estimate of drug-likeness (QED) is 0.541. The Morgan fingerprint density at radius 3 is 2.69 bits per heavy atom. The second kappa shape index (κ2) is 6.82. The van der Waals surface area contributed by atoms with E-state index in [1.807, 2.05) is 23.6 Å². The van der Waals surface area contributed by atoms with E-state index < -0.39 is 0 Å². The summed E-state index contributed by atoms with van der Waals surface area (Å²) < 4.78 is 6.93. The van der Waals surface area contributed by atoms with Crippen molar-refractivity contribution < 1.29 is 9.53 Å². The molecule has 0 bridgehead atoms. The first kappa shape index (κ1) is 16.6. The minimum Gasteiger partial charge on any atom is -0.497 e. The number of hydrogen-bond acceptors (Lipinski definition) is 4. The standard InChI is InChI=1S/C19H14ClN3O2S/c1-25-14-7-4-12(5-8-14)19(24)22-18-17(15-3-2-10-26-15)21-16-9-6-13(20)11-23(16)18/h2-11H,1H3,(H,22,24). The van der Waals surface area contributed by atoms with Gasteiger partial charge in [-0.2, -0.15) is 0 Å². The molecule has 0 fully saturated rings. The number of amides is 1. The summed E-state index contributed by atoms with van der Waals surface area (Å²) in [4.78, 5) is 18.4. The fourth-order valence-electron chi connectivity index (χ4n) is 2.65. The topological polar surface area (TPSA) is 55.6 Å². The van der Waals surface area contributed by atoms with Crippen LogP contribution in [-0.2, 0) is 0 Å². The lowest BCUT2D eigenvalue weighted by Crippen LogP contribution is -2.14. The third-order valence-corrected chi connectivity index (χ3v) is 5.02. The van der Waals surface area contributed by atoms with E-state index in [-0.39, 0.29) is 5.91 Å². The van der Waals surface area contributed by atoms with Gasteiger partial charge >= 0.3 is 0 Å². The van der Waals surface area contributed by atoms with Crippen molar-refractivity contribution >= 4 is 40.3 Å². The molecule has 1 N–H and O–H groups in total. The normalized spacial score (nSPS) is 10.8. The van der Waals surface area contributed by atoms with Crippen LogP contribution in [0.2, 0.25) is 5.02 Å². The Morgan fingerprint density at radius 2 is 2.00 bits per heavy atom. The van der Waals surface area contributed by atoms with E-state index >= 15 is 0 Å². The fraction of sp³-hybridized carbons (Fsp3) is 0.0526. The van der Waals surface area contributed by atoms with Gasteiger partial charge in [0.05, 0.1) is 17.0 Å². The first-order valence-corrected chi connectivity index (χ1v) is 9.08. The molecule has 7 heteroatoms. The predicted molar refractivity (Wildman–Crippen MR) is 104 cm³/mol. The highest BCUT2D eigenvalue weighted by Gasteiger charge is 2.18. The summed E-state index contributed by atoms with van der Waals surface area (Å²) in [5.74, 6) is 1.06. The number of benzene rings is 1. The Hall–Kier alpha value is -2.83. The molecule has 130 valence electrons. The number of hydrogen-bond donors (Lipinski definition) is 1. The highest BCUT2D eigenvalue weighted by molar-refractivity contribution is 7.13. The van der Waals surface area contributed by atoms with Gasteiger partial charge in [0, 0.05) is 11.8 Å². The van der Waals surface area contributed by atoms with E-state index in [0.717, 1.165) is 4.88 Å². The minimum atomic E-state index is -0.229. The molecule has 0 aliphatic rings. The van der Waals surface area contributed by atoms with Crippen LogP contribution in [0.4, 0.5) is 5.82 Å². The third-order valence-electron chi connectivity index (χ3n) is 3.92. The van der Waals surface area contributed by atoms with Crippen LogP contribution in [0.5, 0.6) is 5.75 Å². The van der Waals surface area contributed by atoms with Crippen LogP contribution < -0.4 is 10.1 Å². The maximum Gasteiger partial charge on any atom is 0.256 e. The summed E-state index contributed by atoms with van der Waals surface area (Å²) in [5, 5.41) is 5.51. The minimum absolute atomic E-state index is 0.229. The van der Waals surface area contributed by atoms with Crippen molar-refractivity contribution in [2.75, 3.05) is 12.4 Å². The highest BCUT2D eigenvalue weighted by atomic mass is 35.5. The van der Waals surface area contributed by atoms with Gasteiger partial charge in [0.25, 0.3) is 5.91 Å². The van der Waals surface area contributed by atoms with Crippen LogP contribution in [0, 0.1) is 0 Å². The molecule has 0 spiro atoms. The number of aromatic nitrogens is 2. The number of methoxy groups -OCH3 is 1. The molecule has 5 nitrogen and oxygen atoms in total. The Morgan fingerprint density at radius 1 is 1.19 bits per heavy atom. The summed E-state index contributed by atoms with van der Waals surface area (Å²) >= 11 is 7.70. The van der Waals surface area contributed by atoms with Crippen molar-refractivity contribution in [1.29, 1.82) is 0 Å². The zero-order chi connectivity index (χ0) is 18.1. The number of fused-ring (bicyclic) bond motifs is 1. The van der Waals surface area contributed by atoms with Gasteiger partial charge in [-0.05, 0) is 47.8 Å².